The second kappa shape index (κ2) is 20.8. The SMILES string of the molecule is C=CC[C@H](CC(=O)N[C@H](C)CO)C(=O)N[C@H](COC(=O)[C@@H](CC=C)NC(=O)OCc1ccccc1)CSCc1ccccc1. The fourth-order valence-corrected chi connectivity index (χ4v) is 5.01. The molecule has 2 aromatic carbocycles. The van der Waals surface area contributed by atoms with Gasteiger partial charge in [0.2, 0.25) is 11.8 Å². The van der Waals surface area contributed by atoms with Gasteiger partial charge in [0.1, 0.15) is 19.3 Å². The van der Waals surface area contributed by atoms with E-state index >= 15 is 0 Å². The number of alkyl carbamates (subject to hydrolysis) is 1. The Labute approximate surface area is 263 Å². The molecule has 0 heterocycles. The summed E-state index contributed by atoms with van der Waals surface area (Å²) in [6, 6.07) is 16.9. The largest absolute Gasteiger partial charge is 0.462 e. The summed E-state index contributed by atoms with van der Waals surface area (Å²) in [4.78, 5) is 51.1. The maximum absolute atomic E-state index is 13.3. The molecule has 2 aromatic rings. The van der Waals surface area contributed by atoms with Crippen LogP contribution in [0.4, 0.5) is 4.79 Å². The highest BCUT2D eigenvalue weighted by molar-refractivity contribution is 7.98. The van der Waals surface area contributed by atoms with E-state index in [0.717, 1.165) is 11.1 Å². The van der Waals surface area contributed by atoms with Crippen molar-refractivity contribution in [2.45, 2.75) is 56.7 Å². The van der Waals surface area contributed by atoms with Crippen molar-refractivity contribution in [1.29, 1.82) is 0 Å². The number of carbonyl (C=O) groups excluding carboxylic acids is 4. The van der Waals surface area contributed by atoms with Crippen LogP contribution in [0.15, 0.2) is 86.0 Å². The van der Waals surface area contributed by atoms with E-state index in [9.17, 15) is 24.3 Å². The average Bonchev–Trinajstić information content (AvgIpc) is 3.02. The Hall–Kier alpha value is -4.09. The van der Waals surface area contributed by atoms with Gasteiger partial charge in [0.15, 0.2) is 0 Å². The highest BCUT2D eigenvalue weighted by Gasteiger charge is 2.27. The van der Waals surface area contributed by atoms with Crippen molar-refractivity contribution in [2.75, 3.05) is 19.0 Å². The zero-order valence-electron chi connectivity index (χ0n) is 25.1. The lowest BCUT2D eigenvalue weighted by atomic mass is 9.99. The van der Waals surface area contributed by atoms with Crippen LogP contribution >= 0.6 is 11.8 Å². The minimum Gasteiger partial charge on any atom is -0.462 e. The Morgan fingerprint density at radius 1 is 0.886 bits per heavy atom. The van der Waals surface area contributed by atoms with E-state index in [1.807, 2.05) is 60.7 Å². The fraction of sp³-hybridized carbons (Fsp3) is 0.394. The summed E-state index contributed by atoms with van der Waals surface area (Å²) >= 11 is 1.55. The van der Waals surface area contributed by atoms with Gasteiger partial charge in [-0.25, -0.2) is 9.59 Å². The molecule has 10 nitrogen and oxygen atoms in total. The maximum Gasteiger partial charge on any atom is 0.408 e. The van der Waals surface area contributed by atoms with E-state index in [-0.39, 0.29) is 50.9 Å². The van der Waals surface area contributed by atoms with E-state index in [2.05, 4.69) is 29.1 Å². The second-order valence-electron chi connectivity index (χ2n) is 10.2. The van der Waals surface area contributed by atoms with Gasteiger partial charge in [0.05, 0.1) is 18.6 Å². The number of aliphatic hydroxyl groups is 1. The van der Waals surface area contributed by atoms with E-state index < -0.39 is 36.1 Å². The van der Waals surface area contributed by atoms with Crippen LogP contribution in [-0.4, -0.2) is 66.1 Å². The van der Waals surface area contributed by atoms with Gasteiger partial charge in [-0.15, -0.1) is 13.2 Å². The molecule has 3 amide bonds. The van der Waals surface area contributed by atoms with Crippen molar-refractivity contribution in [1.82, 2.24) is 16.0 Å². The van der Waals surface area contributed by atoms with Gasteiger partial charge in [-0.05, 0) is 30.9 Å². The lowest BCUT2D eigenvalue weighted by molar-refractivity contribution is -0.147. The van der Waals surface area contributed by atoms with Crippen molar-refractivity contribution < 1.29 is 33.8 Å². The molecule has 0 aliphatic heterocycles. The number of hydrogen-bond donors (Lipinski definition) is 4. The highest BCUT2D eigenvalue weighted by atomic mass is 32.2. The molecule has 0 aromatic heterocycles. The smallest absolute Gasteiger partial charge is 0.408 e. The average molecular weight is 626 g/mol. The first kappa shape index (κ1) is 36.1. The highest BCUT2D eigenvalue weighted by Crippen LogP contribution is 2.16. The zero-order valence-corrected chi connectivity index (χ0v) is 25.9. The topological polar surface area (TPSA) is 143 Å². The number of carbonyl (C=O) groups is 4. The molecule has 44 heavy (non-hydrogen) atoms. The van der Waals surface area contributed by atoms with Crippen molar-refractivity contribution in [2.24, 2.45) is 5.92 Å². The molecular weight excluding hydrogens is 582 g/mol. The molecular formula is C33H43N3O7S. The first-order valence-electron chi connectivity index (χ1n) is 14.4. The molecule has 0 aliphatic rings. The van der Waals surface area contributed by atoms with Crippen LogP contribution in [0.1, 0.15) is 37.3 Å². The summed E-state index contributed by atoms with van der Waals surface area (Å²) in [5.41, 5.74) is 1.90. The third kappa shape index (κ3) is 14.4. The van der Waals surface area contributed by atoms with Crippen molar-refractivity contribution in [3.05, 3.63) is 97.1 Å². The van der Waals surface area contributed by atoms with Crippen LogP contribution in [0.5, 0.6) is 0 Å². The van der Waals surface area contributed by atoms with E-state index in [1.165, 1.54) is 6.08 Å². The third-order valence-corrected chi connectivity index (χ3v) is 7.51. The number of aliphatic hydroxyl groups excluding tert-OH is 1. The molecule has 0 radical (unpaired) electrons. The van der Waals surface area contributed by atoms with Crippen LogP contribution in [0.2, 0.25) is 0 Å². The Morgan fingerprint density at radius 2 is 1.52 bits per heavy atom. The molecule has 238 valence electrons. The number of esters is 1. The van der Waals surface area contributed by atoms with Crippen LogP contribution in [-0.2, 0) is 36.2 Å². The van der Waals surface area contributed by atoms with E-state index in [1.54, 1.807) is 24.8 Å². The van der Waals surface area contributed by atoms with Gasteiger partial charge in [-0.1, -0.05) is 72.8 Å². The summed E-state index contributed by atoms with van der Waals surface area (Å²) < 4.78 is 10.8. The molecule has 0 unspecified atom stereocenters. The number of benzene rings is 2. The zero-order chi connectivity index (χ0) is 32.2. The van der Waals surface area contributed by atoms with E-state index in [0.29, 0.717) is 11.5 Å². The van der Waals surface area contributed by atoms with Crippen molar-refractivity contribution in [3.63, 3.8) is 0 Å². The van der Waals surface area contributed by atoms with Gasteiger partial charge >= 0.3 is 12.1 Å². The molecule has 4 atom stereocenters. The summed E-state index contributed by atoms with van der Waals surface area (Å²) in [6.07, 6.45) is 2.55. The summed E-state index contributed by atoms with van der Waals surface area (Å²) in [5, 5.41) is 17.3. The van der Waals surface area contributed by atoms with Gasteiger partial charge in [-0.2, -0.15) is 11.8 Å². The van der Waals surface area contributed by atoms with E-state index in [4.69, 9.17) is 9.47 Å². The Bertz CT molecular complexity index is 1200. The summed E-state index contributed by atoms with van der Waals surface area (Å²) in [7, 11) is 0. The molecule has 0 bridgehead atoms. The first-order valence-corrected chi connectivity index (χ1v) is 15.6. The van der Waals surface area contributed by atoms with Crippen molar-refractivity contribution in [3.8, 4) is 0 Å². The molecule has 0 aliphatic carbocycles. The minimum absolute atomic E-state index is 0.0398. The predicted octanol–water partition coefficient (Wildman–Crippen LogP) is 3.90. The van der Waals surface area contributed by atoms with Gasteiger partial charge in [-0.3, -0.25) is 9.59 Å². The molecule has 11 heteroatoms. The molecule has 0 fully saturated rings. The quantitative estimate of drug-likeness (QED) is 0.128. The number of rotatable bonds is 20. The fourth-order valence-electron chi connectivity index (χ4n) is 4.00. The standard InChI is InChI=1S/C33H43N3O7S/c1-4-12-27(18-30(38)34-24(3)19-37)31(39)35-28(23-44-22-26-16-10-7-11-17-26)21-42-32(40)29(13-5-2)36-33(41)43-20-25-14-8-6-9-15-25/h4-11,14-17,24,27-29,37H,1-2,12-13,18-23H2,3H3,(H,34,38)(H,35,39)(H,36,41)/t24-,27-,28-,29-/m1/s1. The number of ether oxygens (including phenoxy) is 2. The van der Waals surface area contributed by atoms with Gasteiger partial charge in [0, 0.05) is 24.0 Å². The Morgan fingerprint density at radius 3 is 2.14 bits per heavy atom. The maximum atomic E-state index is 13.3. The minimum atomic E-state index is -1.03. The van der Waals surface area contributed by atoms with Gasteiger partial charge in [0.25, 0.3) is 0 Å². The predicted molar refractivity (Wildman–Crippen MR) is 171 cm³/mol. The monoisotopic (exact) mass is 625 g/mol. The van der Waals surface area contributed by atoms with Crippen molar-refractivity contribution >= 4 is 35.6 Å². The summed E-state index contributed by atoms with van der Waals surface area (Å²) in [6.45, 7) is 8.68. The first-order chi connectivity index (χ1) is 21.2. The molecule has 2 rings (SSSR count). The number of allylic oxidation sites excluding steroid dienone is 1. The second-order valence-corrected chi connectivity index (χ2v) is 11.2. The number of nitrogens with one attached hydrogen (secondary N) is 3. The third-order valence-electron chi connectivity index (χ3n) is 6.33. The van der Waals surface area contributed by atoms with Crippen LogP contribution in [0, 0.1) is 5.92 Å². The lowest BCUT2D eigenvalue weighted by Gasteiger charge is -2.23. The normalized spacial score (nSPS) is 13.3. The number of thioether (sulfide) groups is 1. The van der Waals surface area contributed by atoms with Crippen LogP contribution < -0.4 is 16.0 Å². The molecule has 4 N–H and O–H groups in total. The molecule has 0 saturated carbocycles. The summed E-state index contributed by atoms with van der Waals surface area (Å²) in [5.74, 6) is -1.07. The Balaban J connectivity index is 2.03. The van der Waals surface area contributed by atoms with Crippen LogP contribution in [0.3, 0.4) is 0 Å². The number of hydrogen-bond acceptors (Lipinski definition) is 8. The van der Waals surface area contributed by atoms with Crippen LogP contribution in [0.25, 0.3) is 0 Å². The Kier molecular flexibility index (Phi) is 17.0. The molecule has 0 spiro atoms. The molecule has 0 saturated heterocycles. The number of amides is 3. The lowest BCUT2D eigenvalue weighted by Crippen LogP contribution is -2.47. The van der Waals surface area contributed by atoms with Gasteiger partial charge < -0.3 is 30.5 Å².